The first-order chi connectivity index (χ1) is 13.4. The van der Waals surface area contributed by atoms with Gasteiger partial charge in [0.2, 0.25) is 10.0 Å². The molecule has 2 heterocycles. The smallest absolute Gasteiger partial charge is 0.276 e. The van der Waals surface area contributed by atoms with Gasteiger partial charge in [-0.25, -0.2) is 17.9 Å². The first kappa shape index (κ1) is 21.6. The summed E-state index contributed by atoms with van der Waals surface area (Å²) in [4.78, 5) is 11.9. The lowest BCUT2D eigenvalue weighted by Crippen LogP contribution is -2.40. The summed E-state index contributed by atoms with van der Waals surface area (Å²) in [6.45, 7) is 3.94. The van der Waals surface area contributed by atoms with Crippen LogP contribution in [0.4, 0.5) is 13.2 Å². The van der Waals surface area contributed by atoms with E-state index in [2.05, 4.69) is 5.10 Å². The van der Waals surface area contributed by atoms with E-state index < -0.39 is 26.7 Å². The summed E-state index contributed by atoms with van der Waals surface area (Å²) in [5.74, 6) is 0.178. The van der Waals surface area contributed by atoms with Crippen LogP contribution >= 0.6 is 0 Å². The van der Waals surface area contributed by atoms with Gasteiger partial charge in [-0.15, -0.1) is 0 Å². The van der Waals surface area contributed by atoms with Crippen molar-refractivity contribution >= 4 is 10.0 Å². The van der Waals surface area contributed by atoms with Gasteiger partial charge >= 0.3 is 11.9 Å². The van der Waals surface area contributed by atoms with E-state index in [0.717, 1.165) is 12.1 Å². The number of aryl methyl sites for hydroxylation is 1. The molecule has 1 aromatic heterocycles. The molecule has 0 amide bonds. The highest BCUT2D eigenvalue weighted by Crippen LogP contribution is 2.33. The van der Waals surface area contributed by atoms with Gasteiger partial charge < -0.3 is 0 Å². The summed E-state index contributed by atoms with van der Waals surface area (Å²) in [6, 6.07) is 3.60. The molecule has 11 heteroatoms. The molecule has 1 aliphatic rings. The minimum Gasteiger partial charge on any atom is -0.276 e. The largest absolute Gasteiger partial charge is 0.416 e. The number of hydrogen-bond donors (Lipinski definition) is 0. The van der Waals surface area contributed by atoms with Gasteiger partial charge in [-0.2, -0.15) is 22.6 Å². The summed E-state index contributed by atoms with van der Waals surface area (Å²) >= 11 is 0. The first-order valence-electron chi connectivity index (χ1n) is 9.25. The first-order valence-corrected chi connectivity index (χ1v) is 10.7. The Morgan fingerprint density at radius 2 is 1.93 bits per heavy atom. The molecule has 0 spiro atoms. The molecule has 1 aromatic carbocycles. The summed E-state index contributed by atoms with van der Waals surface area (Å²) in [6.07, 6.45) is -3.47. The van der Waals surface area contributed by atoms with Crippen molar-refractivity contribution in [1.29, 1.82) is 0 Å². The number of sulfonamides is 1. The molecule has 0 bridgehead atoms. The SMILES string of the molecule is CC(C)n1c(C2CCCN(S(=O)(=O)c3cccc(C(F)(F)F)c3)C2)nn(C)c1=O. The highest BCUT2D eigenvalue weighted by atomic mass is 32.2. The maximum Gasteiger partial charge on any atom is 0.416 e. The van der Waals surface area contributed by atoms with Gasteiger partial charge in [0.25, 0.3) is 0 Å². The summed E-state index contributed by atoms with van der Waals surface area (Å²) in [7, 11) is -2.58. The molecule has 1 aliphatic heterocycles. The number of piperidine rings is 1. The summed E-state index contributed by atoms with van der Waals surface area (Å²) in [5.41, 5.74) is -1.29. The molecule has 1 saturated heterocycles. The van der Waals surface area contributed by atoms with Crippen LogP contribution in [0.15, 0.2) is 34.0 Å². The molecule has 7 nitrogen and oxygen atoms in total. The second kappa shape index (κ2) is 7.60. The van der Waals surface area contributed by atoms with E-state index in [4.69, 9.17) is 0 Å². The Balaban J connectivity index is 1.94. The number of hydrogen-bond acceptors (Lipinski definition) is 4. The fourth-order valence-corrected chi connectivity index (χ4v) is 5.19. The van der Waals surface area contributed by atoms with Crippen LogP contribution in [-0.4, -0.2) is 40.2 Å². The van der Waals surface area contributed by atoms with Gasteiger partial charge in [-0.3, -0.25) is 4.57 Å². The molecule has 2 aromatic rings. The van der Waals surface area contributed by atoms with E-state index in [1.807, 2.05) is 13.8 Å². The lowest BCUT2D eigenvalue weighted by atomic mass is 9.98. The summed E-state index contributed by atoms with van der Waals surface area (Å²) < 4.78 is 68.9. The topological polar surface area (TPSA) is 77.2 Å². The molecule has 1 atom stereocenters. The average Bonchev–Trinajstić information content (AvgIpc) is 2.96. The number of nitrogens with zero attached hydrogens (tertiary/aromatic N) is 4. The third-order valence-corrected chi connectivity index (χ3v) is 6.91. The van der Waals surface area contributed by atoms with E-state index in [1.54, 1.807) is 0 Å². The molecule has 1 fully saturated rings. The van der Waals surface area contributed by atoms with E-state index >= 15 is 0 Å². The molecular weight excluding hydrogens is 409 g/mol. The normalized spacial score (nSPS) is 19.1. The summed E-state index contributed by atoms with van der Waals surface area (Å²) in [5, 5.41) is 4.29. The zero-order chi connectivity index (χ0) is 21.6. The minimum absolute atomic E-state index is 0.0573. The third kappa shape index (κ3) is 4.11. The van der Waals surface area contributed by atoms with E-state index in [0.29, 0.717) is 24.7 Å². The quantitative estimate of drug-likeness (QED) is 0.745. The number of aromatic nitrogens is 3. The minimum atomic E-state index is -4.63. The fourth-order valence-electron chi connectivity index (χ4n) is 3.62. The predicted octanol–water partition coefficient (Wildman–Crippen LogP) is 2.75. The zero-order valence-electron chi connectivity index (χ0n) is 16.3. The Morgan fingerprint density at radius 1 is 1.24 bits per heavy atom. The molecule has 0 radical (unpaired) electrons. The maximum atomic E-state index is 13.0. The van der Waals surface area contributed by atoms with Gasteiger partial charge in [0.05, 0.1) is 10.5 Å². The Labute approximate surface area is 166 Å². The van der Waals surface area contributed by atoms with Crippen LogP contribution < -0.4 is 5.69 Å². The number of rotatable bonds is 4. The standard InChI is InChI=1S/C18H23F3N4O3S/c1-12(2)25-16(22-23(3)17(25)26)13-6-5-9-24(11-13)29(27,28)15-8-4-7-14(10-15)18(19,20)21/h4,7-8,10,12-13H,5-6,9,11H2,1-3H3. The van der Waals surface area contributed by atoms with Crippen LogP contribution in [0, 0.1) is 0 Å². The number of benzene rings is 1. The zero-order valence-corrected chi connectivity index (χ0v) is 17.2. The van der Waals surface area contributed by atoms with Crippen molar-refractivity contribution in [2.45, 2.75) is 49.7 Å². The van der Waals surface area contributed by atoms with Crippen molar-refractivity contribution in [3.8, 4) is 0 Å². The van der Waals surface area contributed by atoms with Crippen molar-refractivity contribution in [3.05, 3.63) is 46.1 Å². The molecule has 0 saturated carbocycles. The number of alkyl halides is 3. The highest BCUT2D eigenvalue weighted by molar-refractivity contribution is 7.89. The lowest BCUT2D eigenvalue weighted by Gasteiger charge is -2.32. The van der Waals surface area contributed by atoms with Gasteiger partial charge in [-0.1, -0.05) is 6.07 Å². The molecule has 29 heavy (non-hydrogen) atoms. The van der Waals surface area contributed by atoms with Crippen molar-refractivity contribution in [2.24, 2.45) is 7.05 Å². The lowest BCUT2D eigenvalue weighted by molar-refractivity contribution is -0.137. The van der Waals surface area contributed by atoms with Crippen LogP contribution in [0.5, 0.6) is 0 Å². The second-order valence-corrected chi connectivity index (χ2v) is 9.39. The maximum absolute atomic E-state index is 13.0. The Bertz CT molecular complexity index is 1060. The molecule has 0 aliphatic carbocycles. The van der Waals surface area contributed by atoms with E-state index in [-0.39, 0.29) is 30.7 Å². The van der Waals surface area contributed by atoms with Crippen LogP contribution in [0.3, 0.4) is 0 Å². The highest BCUT2D eigenvalue weighted by Gasteiger charge is 2.36. The van der Waals surface area contributed by atoms with Crippen LogP contribution in [0.25, 0.3) is 0 Å². The fraction of sp³-hybridized carbons (Fsp3) is 0.556. The van der Waals surface area contributed by atoms with Crippen molar-refractivity contribution in [1.82, 2.24) is 18.7 Å². The molecular formula is C18H23F3N4O3S. The van der Waals surface area contributed by atoms with Crippen molar-refractivity contribution in [3.63, 3.8) is 0 Å². The molecule has 3 rings (SSSR count). The monoisotopic (exact) mass is 432 g/mol. The van der Waals surface area contributed by atoms with E-state index in [1.165, 1.54) is 26.7 Å². The van der Waals surface area contributed by atoms with Gasteiger partial charge in [-0.05, 0) is 44.9 Å². The average molecular weight is 432 g/mol. The number of halogens is 3. The van der Waals surface area contributed by atoms with Crippen molar-refractivity contribution in [2.75, 3.05) is 13.1 Å². The van der Waals surface area contributed by atoms with Gasteiger partial charge in [0.1, 0.15) is 5.82 Å². The van der Waals surface area contributed by atoms with Gasteiger partial charge in [0, 0.05) is 32.1 Å². The van der Waals surface area contributed by atoms with Crippen LogP contribution in [0.1, 0.15) is 50.0 Å². The predicted molar refractivity (Wildman–Crippen MR) is 100 cm³/mol. The van der Waals surface area contributed by atoms with E-state index in [9.17, 15) is 26.4 Å². The Morgan fingerprint density at radius 3 is 2.55 bits per heavy atom. The molecule has 0 N–H and O–H groups in total. The second-order valence-electron chi connectivity index (χ2n) is 7.46. The van der Waals surface area contributed by atoms with Crippen LogP contribution in [0.2, 0.25) is 0 Å². The molecule has 160 valence electrons. The van der Waals surface area contributed by atoms with Crippen molar-refractivity contribution < 1.29 is 21.6 Å². The van der Waals surface area contributed by atoms with Crippen LogP contribution in [-0.2, 0) is 23.2 Å². The van der Waals surface area contributed by atoms with Gasteiger partial charge in [0.15, 0.2) is 0 Å². The molecule has 1 unspecified atom stereocenters. The third-order valence-electron chi connectivity index (χ3n) is 5.05. The Kier molecular flexibility index (Phi) is 5.65. The Hall–Kier alpha value is -2.14.